The van der Waals surface area contributed by atoms with E-state index in [1.54, 1.807) is 52.0 Å². The van der Waals surface area contributed by atoms with Gasteiger partial charge in [0.25, 0.3) is 0 Å². The molecular formula is C20H29NO5S. The van der Waals surface area contributed by atoms with Crippen LogP contribution in [0.5, 0.6) is 0 Å². The third-order valence-corrected chi connectivity index (χ3v) is 6.54. The van der Waals surface area contributed by atoms with Crippen LogP contribution in [0.2, 0.25) is 0 Å². The topological polar surface area (TPSA) is 72.9 Å². The molecule has 27 heavy (non-hydrogen) atoms. The molecule has 0 aromatic heterocycles. The zero-order valence-electron chi connectivity index (χ0n) is 17.1. The molecule has 2 atom stereocenters. The lowest BCUT2D eigenvalue weighted by atomic mass is 10.1. The van der Waals surface area contributed by atoms with Crippen LogP contribution in [-0.4, -0.2) is 50.1 Å². The molecule has 0 aliphatic carbocycles. The summed E-state index contributed by atoms with van der Waals surface area (Å²) in [4.78, 5) is 14.2. The first kappa shape index (κ1) is 21.4. The Morgan fingerprint density at radius 2 is 1.74 bits per heavy atom. The van der Waals surface area contributed by atoms with E-state index in [2.05, 4.69) is 0 Å². The van der Waals surface area contributed by atoms with E-state index in [1.807, 2.05) is 13.8 Å². The van der Waals surface area contributed by atoms with Crippen molar-refractivity contribution >= 4 is 15.9 Å². The second kappa shape index (κ2) is 7.64. The number of aryl methyl sites for hydroxylation is 1. The predicted octanol–water partition coefficient (Wildman–Crippen LogP) is 3.70. The van der Waals surface area contributed by atoms with Gasteiger partial charge in [-0.05, 0) is 64.8 Å². The highest BCUT2D eigenvalue weighted by atomic mass is 32.2. The third-order valence-electron chi connectivity index (χ3n) is 4.51. The number of nitrogens with zero attached hydrogens (tertiary/aromatic N) is 1. The Labute approximate surface area is 162 Å². The van der Waals surface area contributed by atoms with Crippen LogP contribution < -0.4 is 0 Å². The molecule has 1 amide bonds. The first-order valence-corrected chi connectivity index (χ1v) is 10.5. The third kappa shape index (κ3) is 4.52. The van der Waals surface area contributed by atoms with Crippen LogP contribution in [0.15, 0.2) is 40.3 Å². The van der Waals surface area contributed by atoms with E-state index in [0.717, 1.165) is 11.1 Å². The Morgan fingerprint density at radius 1 is 1.19 bits per heavy atom. The molecule has 0 saturated carbocycles. The van der Waals surface area contributed by atoms with E-state index in [9.17, 15) is 13.2 Å². The number of hydrogen-bond acceptors (Lipinski definition) is 5. The number of hydrogen-bond donors (Lipinski definition) is 0. The van der Waals surface area contributed by atoms with Gasteiger partial charge < -0.3 is 9.47 Å². The van der Waals surface area contributed by atoms with E-state index >= 15 is 0 Å². The van der Waals surface area contributed by atoms with Gasteiger partial charge in [0.15, 0.2) is 5.37 Å². The van der Waals surface area contributed by atoms with Gasteiger partial charge in [0, 0.05) is 13.7 Å². The molecule has 1 aromatic carbocycles. The molecular weight excluding hydrogens is 366 g/mol. The van der Waals surface area contributed by atoms with Crippen molar-refractivity contribution in [2.24, 2.45) is 0 Å². The van der Waals surface area contributed by atoms with Gasteiger partial charge in [-0.3, -0.25) is 4.90 Å². The van der Waals surface area contributed by atoms with Gasteiger partial charge in [0.05, 0.1) is 11.0 Å². The smallest absolute Gasteiger partial charge is 0.411 e. The van der Waals surface area contributed by atoms with Crippen molar-refractivity contribution in [1.29, 1.82) is 0 Å². The average molecular weight is 396 g/mol. The summed E-state index contributed by atoms with van der Waals surface area (Å²) in [5.74, 6) is 0. The fourth-order valence-electron chi connectivity index (χ4n) is 3.16. The summed E-state index contributed by atoms with van der Waals surface area (Å²) in [5, 5.41) is -1.15. The summed E-state index contributed by atoms with van der Waals surface area (Å²) in [7, 11) is -2.33. The molecule has 7 heteroatoms. The Balaban J connectivity index is 2.55. The van der Waals surface area contributed by atoms with Gasteiger partial charge in [0.2, 0.25) is 9.84 Å². The van der Waals surface area contributed by atoms with E-state index in [0.29, 0.717) is 5.57 Å². The number of rotatable bonds is 4. The number of sulfone groups is 1. The van der Waals surface area contributed by atoms with E-state index in [4.69, 9.17) is 9.47 Å². The van der Waals surface area contributed by atoms with Crippen LogP contribution in [-0.2, 0) is 19.3 Å². The maximum absolute atomic E-state index is 13.5. The Bertz CT molecular complexity index is 834. The normalized spacial score (nSPS) is 19.4. The fraction of sp³-hybridized carbons (Fsp3) is 0.550. The summed E-state index contributed by atoms with van der Waals surface area (Å²) in [6.45, 7) is 11.0. The maximum atomic E-state index is 13.5. The number of ether oxygens (including phenoxy) is 2. The molecule has 2 rings (SSSR count). The monoisotopic (exact) mass is 395 g/mol. The van der Waals surface area contributed by atoms with E-state index < -0.39 is 33.0 Å². The second-order valence-corrected chi connectivity index (χ2v) is 9.94. The number of carbonyl (C=O) groups is 1. The first-order valence-electron chi connectivity index (χ1n) is 8.91. The number of amides is 1. The molecule has 0 N–H and O–H groups in total. The summed E-state index contributed by atoms with van der Waals surface area (Å²) >= 11 is 0. The quantitative estimate of drug-likeness (QED) is 0.727. The minimum atomic E-state index is -3.86. The lowest BCUT2D eigenvalue weighted by Crippen LogP contribution is -2.46. The van der Waals surface area contributed by atoms with Crippen molar-refractivity contribution < 1.29 is 22.7 Å². The maximum Gasteiger partial charge on any atom is 0.411 e. The minimum Gasteiger partial charge on any atom is -0.444 e. The van der Waals surface area contributed by atoms with Crippen molar-refractivity contribution in [3.63, 3.8) is 0 Å². The van der Waals surface area contributed by atoms with Crippen molar-refractivity contribution in [2.45, 2.75) is 63.5 Å². The molecule has 0 fully saturated rings. The molecule has 150 valence electrons. The van der Waals surface area contributed by atoms with E-state index in [1.165, 1.54) is 12.0 Å². The van der Waals surface area contributed by atoms with Gasteiger partial charge in [-0.2, -0.15) is 0 Å². The second-order valence-electron chi connectivity index (χ2n) is 7.93. The van der Waals surface area contributed by atoms with Gasteiger partial charge in [-0.15, -0.1) is 0 Å². The predicted molar refractivity (Wildman–Crippen MR) is 104 cm³/mol. The molecule has 0 spiro atoms. The lowest BCUT2D eigenvalue weighted by Gasteiger charge is -2.31. The van der Waals surface area contributed by atoms with Crippen molar-refractivity contribution in [1.82, 2.24) is 4.90 Å². The number of benzene rings is 1. The molecule has 0 bridgehead atoms. The van der Waals surface area contributed by atoms with Gasteiger partial charge in [0.1, 0.15) is 5.60 Å². The zero-order valence-corrected chi connectivity index (χ0v) is 17.9. The first-order chi connectivity index (χ1) is 12.4. The molecule has 6 nitrogen and oxygen atoms in total. The van der Waals surface area contributed by atoms with Crippen molar-refractivity contribution in [3.8, 4) is 0 Å². The zero-order chi connectivity index (χ0) is 20.6. The summed E-state index contributed by atoms with van der Waals surface area (Å²) in [5.41, 5.74) is 1.63. The lowest BCUT2D eigenvalue weighted by molar-refractivity contribution is 0.0267. The standard InChI is InChI=1S/C20H29NO5S/c1-13-8-10-16(11-9-13)27(23,24)18-17(15(3)25-7)14(2)12-21(18)19(22)26-20(4,5)6/h8-11,15,18H,12H2,1-7H3. The SMILES string of the molecule is COC(C)C1=C(C)CN(C(=O)OC(C)(C)C)C1S(=O)(=O)c1ccc(C)cc1. The van der Waals surface area contributed by atoms with Gasteiger partial charge >= 0.3 is 6.09 Å². The highest BCUT2D eigenvalue weighted by molar-refractivity contribution is 7.92. The highest BCUT2D eigenvalue weighted by Gasteiger charge is 2.46. The molecule has 1 aliphatic rings. The summed E-state index contributed by atoms with van der Waals surface area (Å²) in [6, 6.07) is 6.63. The summed E-state index contributed by atoms with van der Waals surface area (Å²) in [6.07, 6.45) is -1.09. The number of methoxy groups -OCH3 is 1. The van der Waals surface area contributed by atoms with Gasteiger partial charge in [-0.25, -0.2) is 13.2 Å². The van der Waals surface area contributed by atoms with Crippen LogP contribution in [0.3, 0.4) is 0 Å². The molecule has 1 aromatic rings. The van der Waals surface area contributed by atoms with Crippen molar-refractivity contribution in [2.75, 3.05) is 13.7 Å². The van der Waals surface area contributed by atoms with Crippen LogP contribution in [0.1, 0.15) is 40.2 Å². The van der Waals surface area contributed by atoms with Gasteiger partial charge in [-0.1, -0.05) is 17.7 Å². The minimum absolute atomic E-state index is 0.169. The number of carbonyl (C=O) groups excluding carboxylic acids is 1. The average Bonchev–Trinajstić information content (AvgIpc) is 2.91. The molecule has 1 aliphatic heterocycles. The van der Waals surface area contributed by atoms with Crippen LogP contribution in [0.4, 0.5) is 4.79 Å². The highest BCUT2D eigenvalue weighted by Crippen LogP contribution is 2.36. The molecule has 1 heterocycles. The Kier molecular flexibility index (Phi) is 6.06. The molecule has 0 radical (unpaired) electrons. The van der Waals surface area contributed by atoms with Crippen molar-refractivity contribution in [3.05, 3.63) is 41.0 Å². The molecule has 0 saturated heterocycles. The molecule has 2 unspecified atom stereocenters. The fourth-order valence-corrected chi connectivity index (χ4v) is 5.15. The summed E-state index contributed by atoms with van der Waals surface area (Å²) < 4.78 is 37.8. The Hall–Kier alpha value is -1.86. The van der Waals surface area contributed by atoms with Crippen LogP contribution >= 0.6 is 0 Å². The van der Waals surface area contributed by atoms with Crippen LogP contribution in [0.25, 0.3) is 0 Å². The Morgan fingerprint density at radius 3 is 2.22 bits per heavy atom. The van der Waals surface area contributed by atoms with Crippen LogP contribution in [0, 0.1) is 6.92 Å². The van der Waals surface area contributed by atoms with E-state index in [-0.39, 0.29) is 11.4 Å². The largest absolute Gasteiger partial charge is 0.444 e.